The number of hydrogen-bond acceptors (Lipinski definition) is 4. The Morgan fingerprint density at radius 3 is 2.49 bits per heavy atom. The second kappa shape index (κ2) is 9.79. The van der Waals surface area contributed by atoms with Gasteiger partial charge in [-0.3, -0.25) is 4.79 Å². The zero-order valence-corrected chi connectivity index (χ0v) is 22.9. The molecule has 1 aromatic heterocycles. The third kappa shape index (κ3) is 4.52. The van der Waals surface area contributed by atoms with Gasteiger partial charge in [0, 0.05) is 18.5 Å². The van der Waals surface area contributed by atoms with E-state index < -0.39 is 5.97 Å². The van der Waals surface area contributed by atoms with Crippen molar-refractivity contribution in [3.63, 3.8) is 0 Å². The van der Waals surface area contributed by atoms with E-state index in [9.17, 15) is 4.79 Å². The number of aliphatic carboxylic acids is 1. The molecule has 1 aliphatic heterocycles. The first-order valence-electron chi connectivity index (χ1n) is 13.8. The second-order valence-electron chi connectivity index (χ2n) is 11.6. The molecule has 9 heteroatoms. The van der Waals surface area contributed by atoms with Crippen molar-refractivity contribution in [3.05, 3.63) is 75.3 Å². The summed E-state index contributed by atoms with van der Waals surface area (Å²) in [5.74, 6) is -0.293. The van der Waals surface area contributed by atoms with Crippen LogP contribution in [0.4, 0.5) is 10.1 Å². The number of rotatable bonds is 8. The van der Waals surface area contributed by atoms with E-state index in [1.54, 1.807) is 6.07 Å². The third-order valence-electron chi connectivity index (χ3n) is 9.22. The molecule has 7 rings (SSSR count). The van der Waals surface area contributed by atoms with Crippen LogP contribution < -0.4 is 4.90 Å². The third-order valence-corrected chi connectivity index (χ3v) is 9.83. The highest BCUT2D eigenvalue weighted by molar-refractivity contribution is 6.37. The van der Waals surface area contributed by atoms with Crippen molar-refractivity contribution in [1.82, 2.24) is 9.78 Å². The lowest BCUT2D eigenvalue weighted by molar-refractivity contribution is -0.145. The predicted molar refractivity (Wildman–Crippen MR) is 147 cm³/mol. The molecule has 1 N–H and O–H groups in total. The minimum Gasteiger partial charge on any atom is -0.481 e. The highest BCUT2D eigenvalue weighted by Gasteiger charge is 2.46. The molecule has 2 bridgehead atoms. The van der Waals surface area contributed by atoms with Gasteiger partial charge in [-0.15, -0.1) is 0 Å². The van der Waals surface area contributed by atoms with Crippen LogP contribution in [0.5, 0.6) is 0 Å². The van der Waals surface area contributed by atoms with E-state index in [0.29, 0.717) is 52.7 Å². The normalized spacial score (nSPS) is 27.7. The highest BCUT2D eigenvalue weighted by Crippen LogP contribution is 2.47. The molecule has 2 heterocycles. The maximum atomic E-state index is 15.2. The number of aromatic nitrogens is 2. The number of ether oxygens (including phenoxy) is 1. The summed E-state index contributed by atoms with van der Waals surface area (Å²) in [6, 6.07) is 11.2. The fourth-order valence-electron chi connectivity index (χ4n) is 6.84. The molecular weight excluding hydrogens is 540 g/mol. The van der Waals surface area contributed by atoms with Crippen LogP contribution in [0, 0.1) is 17.7 Å². The zero-order valence-electron chi connectivity index (χ0n) is 21.4. The first-order chi connectivity index (χ1) is 18.9. The number of benzene rings is 2. The van der Waals surface area contributed by atoms with Crippen molar-refractivity contribution in [3.8, 4) is 5.69 Å². The Hall–Kier alpha value is -2.61. The summed E-state index contributed by atoms with van der Waals surface area (Å²) in [6.45, 7) is 1.20. The van der Waals surface area contributed by atoms with Crippen molar-refractivity contribution in [2.45, 2.75) is 69.1 Å². The van der Waals surface area contributed by atoms with Crippen LogP contribution in [-0.2, 0) is 16.1 Å². The minimum absolute atomic E-state index is 0.105. The number of carbonyl (C=O) groups is 1. The molecule has 3 unspecified atom stereocenters. The number of halogens is 3. The summed E-state index contributed by atoms with van der Waals surface area (Å²) < 4.78 is 23.6. The summed E-state index contributed by atoms with van der Waals surface area (Å²) in [5.41, 5.74) is 4.45. The Balaban J connectivity index is 1.03. The molecule has 1 saturated heterocycles. The van der Waals surface area contributed by atoms with E-state index in [4.69, 9.17) is 33.0 Å². The first-order valence-corrected chi connectivity index (χ1v) is 14.5. The molecule has 2 aromatic carbocycles. The molecule has 204 valence electrons. The van der Waals surface area contributed by atoms with E-state index in [0.717, 1.165) is 43.5 Å². The number of carboxylic acid groups (broad SMARTS) is 1. The van der Waals surface area contributed by atoms with Crippen molar-refractivity contribution >= 4 is 34.9 Å². The quantitative estimate of drug-likeness (QED) is 0.317. The number of piperidine rings is 1. The number of fused-ring (bicyclic) bond motifs is 2. The lowest BCUT2D eigenvalue weighted by Gasteiger charge is -2.35. The zero-order chi connectivity index (χ0) is 26.8. The molecule has 39 heavy (non-hydrogen) atoms. The van der Waals surface area contributed by atoms with Crippen LogP contribution in [0.1, 0.15) is 67.2 Å². The first kappa shape index (κ1) is 25.4. The molecule has 3 aliphatic carbocycles. The van der Waals surface area contributed by atoms with E-state index in [1.807, 2.05) is 41.2 Å². The van der Waals surface area contributed by atoms with Gasteiger partial charge in [0.2, 0.25) is 0 Å². The SMILES string of the molecule is O=C(O)C1CC(c2ccc(N3CC4CC3CC4OCc3c(C4CC4)cnn3-c3c(Cl)cccc3Cl)c(F)c2)C1. The summed E-state index contributed by atoms with van der Waals surface area (Å²) in [6.07, 6.45) is 7.36. The monoisotopic (exact) mass is 569 g/mol. The molecule has 4 fully saturated rings. The Labute approximate surface area is 236 Å². The van der Waals surface area contributed by atoms with Crippen molar-refractivity contribution in [2.24, 2.45) is 11.8 Å². The van der Waals surface area contributed by atoms with Gasteiger partial charge in [0.15, 0.2) is 0 Å². The molecular formula is C30H30Cl2FN3O3. The fourth-order valence-corrected chi connectivity index (χ4v) is 7.40. The van der Waals surface area contributed by atoms with Crippen molar-refractivity contribution in [2.75, 3.05) is 11.4 Å². The summed E-state index contributed by atoms with van der Waals surface area (Å²) in [5, 5.41) is 14.9. The van der Waals surface area contributed by atoms with E-state index in [-0.39, 0.29) is 29.8 Å². The van der Waals surface area contributed by atoms with Crippen LogP contribution in [0.3, 0.4) is 0 Å². The lowest BCUT2D eigenvalue weighted by atomic mass is 9.71. The van der Waals surface area contributed by atoms with Crippen molar-refractivity contribution < 1.29 is 19.0 Å². The number of anilines is 1. The van der Waals surface area contributed by atoms with E-state index in [1.165, 1.54) is 5.56 Å². The number of hydrogen-bond donors (Lipinski definition) is 1. The Morgan fingerprint density at radius 1 is 1.08 bits per heavy atom. The molecule has 4 aliphatic rings. The van der Waals surface area contributed by atoms with Gasteiger partial charge in [-0.25, -0.2) is 9.07 Å². The summed E-state index contributed by atoms with van der Waals surface area (Å²) in [4.78, 5) is 13.3. The fraction of sp³-hybridized carbons (Fsp3) is 0.467. The maximum absolute atomic E-state index is 15.2. The molecule has 3 saturated carbocycles. The number of nitrogens with zero attached hydrogens (tertiary/aromatic N) is 3. The largest absolute Gasteiger partial charge is 0.481 e. The van der Waals surface area contributed by atoms with Crippen LogP contribution in [0.2, 0.25) is 10.0 Å². The van der Waals surface area contributed by atoms with E-state index in [2.05, 4.69) is 10.00 Å². The minimum atomic E-state index is -0.755. The molecule has 0 spiro atoms. The van der Waals surface area contributed by atoms with Crippen molar-refractivity contribution in [1.29, 1.82) is 0 Å². The van der Waals surface area contributed by atoms with Crippen LogP contribution >= 0.6 is 23.2 Å². The van der Waals surface area contributed by atoms with Gasteiger partial charge >= 0.3 is 5.97 Å². The molecule has 6 nitrogen and oxygen atoms in total. The Kier molecular flexibility index (Phi) is 6.37. The van der Waals surface area contributed by atoms with Crippen LogP contribution in [0.25, 0.3) is 5.69 Å². The Bertz CT molecular complexity index is 1410. The van der Waals surface area contributed by atoms with Gasteiger partial charge in [0.1, 0.15) is 11.5 Å². The highest BCUT2D eigenvalue weighted by atomic mass is 35.5. The second-order valence-corrected chi connectivity index (χ2v) is 12.4. The number of para-hydroxylation sites is 1. The van der Waals surface area contributed by atoms with Gasteiger partial charge in [0.05, 0.1) is 46.3 Å². The van der Waals surface area contributed by atoms with E-state index >= 15 is 4.39 Å². The smallest absolute Gasteiger partial charge is 0.306 e. The molecule has 3 aromatic rings. The Morgan fingerprint density at radius 2 is 1.85 bits per heavy atom. The lowest BCUT2D eigenvalue weighted by Crippen LogP contribution is -2.39. The average molecular weight is 570 g/mol. The average Bonchev–Trinajstić information content (AvgIpc) is 3.32. The van der Waals surface area contributed by atoms with Gasteiger partial charge in [-0.05, 0) is 85.8 Å². The standard InChI is InChI=1S/C30H30Cl2FN3O3/c31-23-2-1-3-24(32)29(23)36-27(22(13-34-36)16-4-5-16)15-39-28-12-21-10-20(28)14-35(21)26-7-6-17(11-25(26)33)18-8-19(9-18)30(37)38/h1-3,6-7,11,13,16,18-21,28H,4-5,8-10,12,14-15H2,(H,37,38). The molecule has 3 atom stereocenters. The van der Waals surface area contributed by atoms with Gasteiger partial charge in [-0.1, -0.05) is 35.3 Å². The van der Waals surface area contributed by atoms with Gasteiger partial charge in [-0.2, -0.15) is 5.10 Å². The summed E-state index contributed by atoms with van der Waals surface area (Å²) >= 11 is 13.0. The maximum Gasteiger partial charge on any atom is 0.306 e. The molecule has 0 amide bonds. The van der Waals surface area contributed by atoms with Crippen LogP contribution in [-0.4, -0.2) is 39.5 Å². The topological polar surface area (TPSA) is 67.6 Å². The molecule has 0 radical (unpaired) electrons. The van der Waals surface area contributed by atoms with Gasteiger partial charge < -0.3 is 14.7 Å². The van der Waals surface area contributed by atoms with Crippen LogP contribution in [0.15, 0.2) is 42.6 Å². The van der Waals surface area contributed by atoms with Gasteiger partial charge in [0.25, 0.3) is 0 Å². The summed E-state index contributed by atoms with van der Waals surface area (Å²) in [7, 11) is 0. The number of carboxylic acids is 1. The predicted octanol–water partition coefficient (Wildman–Crippen LogP) is 6.96.